The lowest BCUT2D eigenvalue weighted by atomic mass is 10.1. The molecular weight excluding hydrogens is 288 g/mol. The Bertz CT molecular complexity index is 718. The number of rotatable bonds is 5. The van der Waals surface area contributed by atoms with Crippen molar-refractivity contribution < 1.29 is 8.42 Å². The highest BCUT2D eigenvalue weighted by Crippen LogP contribution is 2.23. The second-order valence-electron chi connectivity index (χ2n) is 5.00. The van der Waals surface area contributed by atoms with E-state index in [1.54, 1.807) is 32.0 Å². The largest absolute Gasteiger partial charge is 0.324 e. The third kappa shape index (κ3) is 3.25. The number of benzene rings is 1. The number of nitrogens with two attached hydrogens (primary N) is 1. The Labute approximate surface area is 124 Å². The third-order valence-electron chi connectivity index (χ3n) is 3.40. The minimum Gasteiger partial charge on any atom is -0.324 e. The monoisotopic (exact) mass is 308 g/mol. The average Bonchev–Trinajstić information content (AvgIpc) is 2.78. The summed E-state index contributed by atoms with van der Waals surface area (Å²) >= 11 is 0. The minimum atomic E-state index is -3.66. The van der Waals surface area contributed by atoms with Gasteiger partial charge in [-0.15, -0.1) is 0 Å². The Hall–Kier alpha value is -1.86. The number of aromatic nitrogens is 2. The highest BCUT2D eigenvalue weighted by Gasteiger charge is 2.19. The van der Waals surface area contributed by atoms with Gasteiger partial charge in [-0.05, 0) is 38.0 Å². The van der Waals surface area contributed by atoms with E-state index in [9.17, 15) is 8.42 Å². The van der Waals surface area contributed by atoms with Crippen LogP contribution in [0.5, 0.6) is 0 Å². The fraction of sp³-hybridized carbons (Fsp3) is 0.357. The zero-order chi connectivity index (χ0) is 15.6. The van der Waals surface area contributed by atoms with Crippen molar-refractivity contribution in [2.24, 2.45) is 5.73 Å². The summed E-state index contributed by atoms with van der Waals surface area (Å²) < 4.78 is 27.5. The maximum Gasteiger partial charge on any atom is 0.262 e. The normalized spacial score (nSPS) is 13.1. The Kier molecular flexibility index (Phi) is 4.34. The molecule has 0 bridgehead atoms. The van der Waals surface area contributed by atoms with Crippen molar-refractivity contribution in [1.29, 1.82) is 0 Å². The SMILES string of the molecule is CCC(N)c1cccc(S(=O)(=O)Nc2c(C)n[nH]c2C)c1. The van der Waals surface area contributed by atoms with Crippen molar-refractivity contribution in [3.63, 3.8) is 0 Å². The summed E-state index contributed by atoms with van der Waals surface area (Å²) in [6.45, 7) is 5.47. The van der Waals surface area contributed by atoms with E-state index in [0.29, 0.717) is 17.1 Å². The molecule has 2 rings (SSSR count). The van der Waals surface area contributed by atoms with Crippen molar-refractivity contribution in [3.05, 3.63) is 41.2 Å². The number of hydrogen-bond donors (Lipinski definition) is 3. The molecule has 0 saturated heterocycles. The van der Waals surface area contributed by atoms with Gasteiger partial charge >= 0.3 is 0 Å². The van der Waals surface area contributed by atoms with Crippen LogP contribution < -0.4 is 10.5 Å². The molecule has 1 heterocycles. The number of H-pyrrole nitrogens is 1. The van der Waals surface area contributed by atoms with Gasteiger partial charge in [0.2, 0.25) is 0 Å². The molecule has 6 nitrogen and oxygen atoms in total. The standard InChI is InChI=1S/C14H20N4O2S/c1-4-13(15)11-6-5-7-12(8-11)21(19,20)18-14-9(2)16-17-10(14)3/h5-8,13,18H,4,15H2,1-3H3,(H,16,17). The first-order valence-corrected chi connectivity index (χ1v) is 8.23. The summed E-state index contributed by atoms with van der Waals surface area (Å²) in [5.41, 5.74) is 8.54. The Balaban J connectivity index is 2.36. The summed E-state index contributed by atoms with van der Waals surface area (Å²) in [7, 11) is -3.66. The smallest absolute Gasteiger partial charge is 0.262 e. The van der Waals surface area contributed by atoms with Crippen molar-refractivity contribution in [2.75, 3.05) is 4.72 Å². The average molecular weight is 308 g/mol. The maximum absolute atomic E-state index is 12.5. The molecule has 1 atom stereocenters. The van der Waals surface area contributed by atoms with Gasteiger partial charge in [0, 0.05) is 6.04 Å². The highest BCUT2D eigenvalue weighted by atomic mass is 32.2. The lowest BCUT2D eigenvalue weighted by Gasteiger charge is -2.12. The van der Waals surface area contributed by atoms with Crippen molar-refractivity contribution in [2.45, 2.75) is 38.1 Å². The van der Waals surface area contributed by atoms with Crippen LogP contribution in [0.3, 0.4) is 0 Å². The fourth-order valence-electron chi connectivity index (χ4n) is 2.04. The second kappa shape index (κ2) is 5.87. The second-order valence-corrected chi connectivity index (χ2v) is 6.68. The van der Waals surface area contributed by atoms with Gasteiger partial charge in [0.15, 0.2) is 0 Å². The van der Waals surface area contributed by atoms with Gasteiger partial charge in [-0.25, -0.2) is 8.42 Å². The molecule has 0 fully saturated rings. The maximum atomic E-state index is 12.5. The topological polar surface area (TPSA) is 101 Å². The molecule has 0 radical (unpaired) electrons. The molecule has 4 N–H and O–H groups in total. The molecular formula is C14H20N4O2S. The van der Waals surface area contributed by atoms with E-state index in [1.807, 2.05) is 13.0 Å². The first kappa shape index (κ1) is 15.5. The molecule has 114 valence electrons. The van der Waals surface area contributed by atoms with Gasteiger partial charge in [-0.3, -0.25) is 9.82 Å². The van der Waals surface area contributed by atoms with Crippen molar-refractivity contribution >= 4 is 15.7 Å². The lowest BCUT2D eigenvalue weighted by Crippen LogP contribution is -2.15. The molecule has 1 unspecified atom stereocenters. The molecule has 0 amide bonds. The Morgan fingerprint density at radius 3 is 2.67 bits per heavy atom. The van der Waals surface area contributed by atoms with Crippen molar-refractivity contribution in [3.8, 4) is 0 Å². The predicted molar refractivity (Wildman–Crippen MR) is 82.5 cm³/mol. The van der Waals surface area contributed by atoms with Gasteiger partial charge in [0.05, 0.1) is 22.0 Å². The molecule has 1 aromatic carbocycles. The number of anilines is 1. The predicted octanol–water partition coefficient (Wildman–Crippen LogP) is 2.24. The van der Waals surface area contributed by atoms with E-state index >= 15 is 0 Å². The van der Waals surface area contributed by atoms with Gasteiger partial charge < -0.3 is 5.73 Å². The summed E-state index contributed by atoms with van der Waals surface area (Å²) in [5.74, 6) is 0. The number of hydrogen-bond acceptors (Lipinski definition) is 4. The van der Waals surface area contributed by atoms with E-state index < -0.39 is 10.0 Å². The van der Waals surface area contributed by atoms with Gasteiger partial charge in [-0.1, -0.05) is 19.1 Å². The molecule has 21 heavy (non-hydrogen) atoms. The van der Waals surface area contributed by atoms with Crippen LogP contribution in [-0.4, -0.2) is 18.6 Å². The fourth-order valence-corrected chi connectivity index (χ4v) is 3.28. The van der Waals surface area contributed by atoms with Gasteiger partial charge in [-0.2, -0.15) is 5.10 Å². The van der Waals surface area contributed by atoms with Gasteiger partial charge in [0.25, 0.3) is 10.0 Å². The summed E-state index contributed by atoms with van der Waals surface area (Å²) in [4.78, 5) is 0.198. The number of nitrogens with zero attached hydrogens (tertiary/aromatic N) is 1. The van der Waals surface area contributed by atoms with Crippen LogP contribution in [0.25, 0.3) is 0 Å². The zero-order valence-electron chi connectivity index (χ0n) is 12.3. The number of aromatic amines is 1. The molecule has 0 aliphatic carbocycles. The quantitative estimate of drug-likeness (QED) is 0.788. The Morgan fingerprint density at radius 1 is 1.38 bits per heavy atom. The lowest BCUT2D eigenvalue weighted by molar-refractivity contribution is 0.600. The van der Waals surface area contributed by atoms with Crippen LogP contribution in [0.1, 0.15) is 36.3 Å². The molecule has 1 aromatic heterocycles. The number of sulfonamides is 1. The van der Waals surface area contributed by atoms with Crippen LogP contribution in [0, 0.1) is 13.8 Å². The van der Waals surface area contributed by atoms with Crippen LogP contribution >= 0.6 is 0 Å². The van der Waals surface area contributed by atoms with Crippen LogP contribution in [-0.2, 0) is 10.0 Å². The Morgan fingerprint density at radius 2 is 2.10 bits per heavy atom. The van der Waals surface area contributed by atoms with Crippen LogP contribution in [0.15, 0.2) is 29.2 Å². The van der Waals surface area contributed by atoms with E-state index in [0.717, 1.165) is 12.0 Å². The summed E-state index contributed by atoms with van der Waals surface area (Å²) in [5, 5.41) is 6.73. The molecule has 0 aliphatic heterocycles. The van der Waals surface area contributed by atoms with Gasteiger partial charge in [0.1, 0.15) is 0 Å². The van der Waals surface area contributed by atoms with E-state index in [2.05, 4.69) is 14.9 Å². The van der Waals surface area contributed by atoms with Crippen LogP contribution in [0.2, 0.25) is 0 Å². The van der Waals surface area contributed by atoms with E-state index in [-0.39, 0.29) is 10.9 Å². The molecule has 0 aliphatic rings. The van der Waals surface area contributed by atoms with E-state index in [4.69, 9.17) is 5.73 Å². The molecule has 0 spiro atoms. The first-order valence-electron chi connectivity index (χ1n) is 6.75. The molecule has 0 saturated carbocycles. The third-order valence-corrected chi connectivity index (χ3v) is 4.75. The summed E-state index contributed by atoms with van der Waals surface area (Å²) in [6.07, 6.45) is 0.747. The highest BCUT2D eigenvalue weighted by molar-refractivity contribution is 7.92. The first-order chi connectivity index (χ1) is 9.85. The molecule has 2 aromatic rings. The van der Waals surface area contributed by atoms with Crippen molar-refractivity contribution in [1.82, 2.24) is 10.2 Å². The zero-order valence-corrected chi connectivity index (χ0v) is 13.2. The number of aryl methyl sites for hydroxylation is 2. The molecule has 7 heteroatoms. The minimum absolute atomic E-state index is 0.169. The van der Waals surface area contributed by atoms with E-state index in [1.165, 1.54) is 0 Å². The van der Waals surface area contributed by atoms with Crippen LogP contribution in [0.4, 0.5) is 5.69 Å². The number of nitrogens with one attached hydrogen (secondary N) is 2. The summed E-state index contributed by atoms with van der Waals surface area (Å²) in [6, 6.07) is 6.54.